The molecule has 1 aliphatic rings. The highest BCUT2D eigenvalue weighted by Gasteiger charge is 2.24. The molecule has 18 heavy (non-hydrogen) atoms. The smallest absolute Gasteiger partial charge is 0.157 e. The van der Waals surface area contributed by atoms with Gasteiger partial charge in [-0.05, 0) is 35.2 Å². The molecule has 0 aliphatic carbocycles. The normalized spacial score (nSPS) is 18.3. The van der Waals surface area contributed by atoms with E-state index in [-0.39, 0.29) is 17.6 Å². The monoisotopic (exact) mass is 242 g/mol. The summed E-state index contributed by atoms with van der Waals surface area (Å²) < 4.78 is 5.79. The highest BCUT2D eigenvalue weighted by molar-refractivity contribution is 5.49. The van der Waals surface area contributed by atoms with E-state index in [4.69, 9.17) is 4.74 Å². The third-order valence-corrected chi connectivity index (χ3v) is 3.28. The molecule has 0 fully saturated rings. The Kier molecular flexibility index (Phi) is 2.68. The maximum absolute atomic E-state index is 9.63. The second kappa shape index (κ2) is 4.35. The topological polar surface area (TPSA) is 49.7 Å². The van der Waals surface area contributed by atoms with Crippen LogP contribution in [0.4, 0.5) is 0 Å². The predicted octanol–water partition coefficient (Wildman–Crippen LogP) is 2.76. The van der Waals surface area contributed by atoms with Gasteiger partial charge in [-0.15, -0.1) is 0 Å². The maximum atomic E-state index is 9.63. The lowest BCUT2D eigenvalue weighted by atomic mass is 9.92. The predicted molar refractivity (Wildman–Crippen MR) is 67.7 cm³/mol. The van der Waals surface area contributed by atoms with Crippen LogP contribution in [0.2, 0.25) is 0 Å². The van der Waals surface area contributed by atoms with E-state index in [1.54, 1.807) is 12.1 Å². The number of phenolic OH excluding ortho intramolecular Hbond substituents is 2. The number of rotatable bonds is 1. The van der Waals surface area contributed by atoms with Crippen LogP contribution < -0.4 is 0 Å². The van der Waals surface area contributed by atoms with Crippen LogP contribution in [0.3, 0.4) is 0 Å². The van der Waals surface area contributed by atoms with Crippen LogP contribution >= 0.6 is 0 Å². The first kappa shape index (κ1) is 11.1. The van der Waals surface area contributed by atoms with Crippen molar-refractivity contribution in [2.45, 2.75) is 12.5 Å². The molecule has 0 saturated heterocycles. The fraction of sp³-hybridized carbons (Fsp3) is 0.200. The molecule has 2 aromatic rings. The number of phenols is 2. The van der Waals surface area contributed by atoms with E-state index in [1.807, 2.05) is 30.3 Å². The largest absolute Gasteiger partial charge is 0.504 e. The third-order valence-electron chi connectivity index (χ3n) is 3.28. The number of fused-ring (bicyclic) bond motifs is 1. The Bertz CT molecular complexity index is 563. The van der Waals surface area contributed by atoms with E-state index in [0.717, 1.165) is 23.1 Å². The molecule has 1 aliphatic heterocycles. The average molecular weight is 242 g/mol. The van der Waals surface area contributed by atoms with Gasteiger partial charge in [-0.3, -0.25) is 0 Å². The zero-order valence-electron chi connectivity index (χ0n) is 9.84. The zero-order valence-corrected chi connectivity index (χ0v) is 9.84. The van der Waals surface area contributed by atoms with Crippen molar-refractivity contribution in [3.8, 4) is 11.5 Å². The van der Waals surface area contributed by atoms with Crippen molar-refractivity contribution in [2.24, 2.45) is 0 Å². The quantitative estimate of drug-likeness (QED) is 0.756. The van der Waals surface area contributed by atoms with Gasteiger partial charge in [0.1, 0.15) is 6.10 Å². The number of hydrogen-bond acceptors (Lipinski definition) is 3. The van der Waals surface area contributed by atoms with Crippen LogP contribution in [0, 0.1) is 0 Å². The summed E-state index contributed by atoms with van der Waals surface area (Å²) in [4.78, 5) is 0. The molecule has 3 nitrogen and oxygen atoms in total. The highest BCUT2D eigenvalue weighted by Crippen LogP contribution is 2.38. The molecule has 1 heterocycles. The van der Waals surface area contributed by atoms with Gasteiger partial charge in [0, 0.05) is 0 Å². The molecule has 3 rings (SSSR count). The van der Waals surface area contributed by atoms with Crippen molar-refractivity contribution in [1.29, 1.82) is 0 Å². The van der Waals surface area contributed by atoms with Gasteiger partial charge in [0.15, 0.2) is 11.5 Å². The van der Waals surface area contributed by atoms with E-state index in [0.29, 0.717) is 6.61 Å². The lowest BCUT2D eigenvalue weighted by molar-refractivity contribution is 0.0695. The van der Waals surface area contributed by atoms with Crippen LogP contribution in [-0.2, 0) is 11.2 Å². The first-order valence-corrected chi connectivity index (χ1v) is 5.97. The van der Waals surface area contributed by atoms with Crippen LogP contribution in [0.5, 0.6) is 11.5 Å². The summed E-state index contributed by atoms with van der Waals surface area (Å²) in [7, 11) is 0. The van der Waals surface area contributed by atoms with Crippen molar-refractivity contribution < 1.29 is 14.9 Å². The van der Waals surface area contributed by atoms with Crippen molar-refractivity contribution in [2.75, 3.05) is 6.61 Å². The summed E-state index contributed by atoms with van der Waals surface area (Å²) in [5.41, 5.74) is 3.02. The van der Waals surface area contributed by atoms with Crippen LogP contribution in [0.15, 0.2) is 42.5 Å². The fourth-order valence-corrected chi connectivity index (χ4v) is 2.38. The molecule has 3 heteroatoms. The van der Waals surface area contributed by atoms with Gasteiger partial charge in [0.25, 0.3) is 0 Å². The molecular formula is C15H14O3. The molecule has 2 aromatic carbocycles. The van der Waals surface area contributed by atoms with Gasteiger partial charge in [-0.25, -0.2) is 0 Å². The minimum atomic E-state index is -0.165. The second-order valence-corrected chi connectivity index (χ2v) is 4.45. The second-order valence-electron chi connectivity index (χ2n) is 4.45. The minimum Gasteiger partial charge on any atom is -0.504 e. The fourth-order valence-electron chi connectivity index (χ4n) is 2.38. The third kappa shape index (κ3) is 1.83. The first-order valence-electron chi connectivity index (χ1n) is 5.97. The molecule has 1 unspecified atom stereocenters. The Morgan fingerprint density at radius 1 is 1.00 bits per heavy atom. The molecule has 2 N–H and O–H groups in total. The summed E-state index contributed by atoms with van der Waals surface area (Å²) in [6.45, 7) is 0.622. The number of aromatic hydroxyl groups is 2. The Labute approximate surface area is 105 Å². The van der Waals surface area contributed by atoms with E-state index in [1.165, 1.54) is 0 Å². The summed E-state index contributed by atoms with van der Waals surface area (Å²) in [6, 6.07) is 13.1. The number of ether oxygens (including phenoxy) is 1. The van der Waals surface area contributed by atoms with Gasteiger partial charge in [-0.1, -0.05) is 30.3 Å². The van der Waals surface area contributed by atoms with E-state index in [2.05, 4.69) is 0 Å². The molecule has 0 spiro atoms. The standard InChI is InChI=1S/C15H14O3/c16-13-8-11-6-7-18-15(12(11)9-14(13)17)10-4-2-1-3-5-10/h1-5,8-9,15-17H,6-7H2. The van der Waals surface area contributed by atoms with Crippen molar-refractivity contribution in [3.05, 3.63) is 59.2 Å². The summed E-state index contributed by atoms with van der Waals surface area (Å²) in [5, 5.41) is 19.2. The van der Waals surface area contributed by atoms with E-state index in [9.17, 15) is 10.2 Å². The molecule has 0 saturated carbocycles. The van der Waals surface area contributed by atoms with Crippen molar-refractivity contribution in [1.82, 2.24) is 0 Å². The Balaban J connectivity index is 2.09. The maximum Gasteiger partial charge on any atom is 0.157 e. The molecule has 0 bridgehead atoms. The number of benzene rings is 2. The molecule has 92 valence electrons. The van der Waals surface area contributed by atoms with Crippen molar-refractivity contribution >= 4 is 0 Å². The summed E-state index contributed by atoms with van der Waals surface area (Å²) >= 11 is 0. The average Bonchev–Trinajstić information content (AvgIpc) is 2.40. The Morgan fingerprint density at radius 2 is 1.72 bits per heavy atom. The molecule has 0 aromatic heterocycles. The van der Waals surface area contributed by atoms with Crippen molar-refractivity contribution in [3.63, 3.8) is 0 Å². The minimum absolute atomic E-state index is 0.0672. The van der Waals surface area contributed by atoms with E-state index < -0.39 is 0 Å². The van der Waals surface area contributed by atoms with Crippen LogP contribution in [-0.4, -0.2) is 16.8 Å². The van der Waals surface area contributed by atoms with Gasteiger partial charge in [0.05, 0.1) is 6.61 Å². The highest BCUT2D eigenvalue weighted by atomic mass is 16.5. The SMILES string of the molecule is Oc1cc2c(cc1O)C(c1ccccc1)OCC2. The Morgan fingerprint density at radius 3 is 2.50 bits per heavy atom. The lowest BCUT2D eigenvalue weighted by Gasteiger charge is -2.26. The van der Waals surface area contributed by atoms with Gasteiger partial charge in [-0.2, -0.15) is 0 Å². The Hall–Kier alpha value is -2.00. The van der Waals surface area contributed by atoms with Gasteiger partial charge < -0.3 is 14.9 Å². The summed E-state index contributed by atoms with van der Waals surface area (Å²) in [5.74, 6) is -0.164. The number of hydrogen-bond donors (Lipinski definition) is 2. The lowest BCUT2D eigenvalue weighted by Crippen LogP contribution is -2.17. The molecule has 1 atom stereocenters. The molecule has 0 radical (unpaired) electrons. The van der Waals surface area contributed by atoms with E-state index >= 15 is 0 Å². The van der Waals surface area contributed by atoms with Crippen LogP contribution in [0.25, 0.3) is 0 Å². The summed E-state index contributed by atoms with van der Waals surface area (Å²) in [6.07, 6.45) is 0.591. The first-order chi connectivity index (χ1) is 8.75. The zero-order chi connectivity index (χ0) is 12.5. The molecule has 0 amide bonds. The van der Waals surface area contributed by atoms with Gasteiger partial charge >= 0.3 is 0 Å². The molecular weight excluding hydrogens is 228 g/mol. The van der Waals surface area contributed by atoms with Crippen LogP contribution in [0.1, 0.15) is 22.8 Å². The van der Waals surface area contributed by atoms with Gasteiger partial charge in [0.2, 0.25) is 0 Å².